The molecular formula is C41H40N6O. The summed E-state index contributed by atoms with van der Waals surface area (Å²) < 4.78 is 6.77. The fraction of sp³-hybridized carbons (Fsp3) is 0.268. The van der Waals surface area contributed by atoms with Gasteiger partial charge >= 0.3 is 0 Å². The zero-order valence-corrected chi connectivity index (χ0v) is 27.3. The highest BCUT2D eigenvalue weighted by atomic mass is 16.3. The number of nitrogens with zero attached hydrogens (tertiary/aromatic N) is 6. The minimum absolute atomic E-state index is 0.122. The van der Waals surface area contributed by atoms with Gasteiger partial charge in [0.05, 0.1) is 5.69 Å². The van der Waals surface area contributed by atoms with Crippen LogP contribution in [-0.4, -0.2) is 53.3 Å². The molecule has 7 heteroatoms. The van der Waals surface area contributed by atoms with Crippen LogP contribution in [0.25, 0.3) is 21.9 Å². The molecule has 0 fully saturated rings. The van der Waals surface area contributed by atoms with E-state index in [1.54, 1.807) is 0 Å². The Bertz CT molecular complexity index is 2130. The number of aryl methyl sites for hydroxylation is 2. The van der Waals surface area contributed by atoms with Gasteiger partial charge < -0.3 is 33.8 Å². The first-order chi connectivity index (χ1) is 23.7. The van der Waals surface area contributed by atoms with Gasteiger partial charge in [-0.2, -0.15) is 0 Å². The first kappa shape index (κ1) is 27.8. The first-order valence-corrected chi connectivity index (χ1v) is 17.4. The van der Waals surface area contributed by atoms with Gasteiger partial charge in [0, 0.05) is 92.3 Å². The van der Waals surface area contributed by atoms with Crippen LogP contribution < -0.4 is 14.7 Å². The third-order valence-corrected chi connectivity index (χ3v) is 11.2. The average molecular weight is 633 g/mol. The number of hydrogen-bond acceptors (Lipinski definition) is 7. The van der Waals surface area contributed by atoms with Crippen LogP contribution in [0.1, 0.15) is 29.5 Å². The monoisotopic (exact) mass is 632 g/mol. The molecule has 48 heavy (non-hydrogen) atoms. The van der Waals surface area contributed by atoms with Gasteiger partial charge in [0.1, 0.15) is 24.1 Å². The van der Waals surface area contributed by atoms with Crippen molar-refractivity contribution >= 4 is 39.0 Å². The Hall–Kier alpha value is -5.30. The van der Waals surface area contributed by atoms with E-state index in [4.69, 9.17) is 4.42 Å². The van der Waals surface area contributed by atoms with E-state index in [9.17, 15) is 0 Å². The van der Waals surface area contributed by atoms with Crippen LogP contribution in [0.5, 0.6) is 0 Å². The second-order valence-corrected chi connectivity index (χ2v) is 13.8. The molecule has 1 aromatic heterocycles. The van der Waals surface area contributed by atoms with Gasteiger partial charge in [0.25, 0.3) is 0 Å². The van der Waals surface area contributed by atoms with Crippen molar-refractivity contribution in [1.82, 2.24) is 14.7 Å². The summed E-state index contributed by atoms with van der Waals surface area (Å²) in [7, 11) is 2.22. The summed E-state index contributed by atoms with van der Waals surface area (Å²) in [6, 6.07) is 31.2. The zero-order chi connectivity index (χ0) is 31.8. The number of furan rings is 1. The van der Waals surface area contributed by atoms with Crippen molar-refractivity contribution in [2.75, 3.05) is 34.8 Å². The number of para-hydroxylation sites is 3. The molecule has 4 bridgehead atoms. The Morgan fingerprint density at radius 1 is 0.562 bits per heavy atom. The molecule has 4 aromatic carbocycles. The normalized spacial score (nSPS) is 23.1. The molecule has 0 spiro atoms. The molecule has 10 rings (SSSR count). The Kier molecular flexibility index (Phi) is 6.29. The molecular weight excluding hydrogens is 592 g/mol. The predicted octanol–water partition coefficient (Wildman–Crippen LogP) is 7.81. The van der Waals surface area contributed by atoms with Gasteiger partial charge in [-0.1, -0.05) is 66.7 Å². The molecule has 0 aliphatic carbocycles. The van der Waals surface area contributed by atoms with Crippen LogP contribution in [0.15, 0.2) is 127 Å². The summed E-state index contributed by atoms with van der Waals surface area (Å²) in [5.41, 5.74) is 9.78. The fourth-order valence-electron chi connectivity index (χ4n) is 8.80. The van der Waals surface area contributed by atoms with Crippen LogP contribution in [0, 0.1) is 0 Å². The third kappa shape index (κ3) is 4.26. The number of hydrogen-bond donors (Lipinski definition) is 0. The maximum absolute atomic E-state index is 6.77. The van der Waals surface area contributed by atoms with E-state index in [2.05, 4.69) is 159 Å². The van der Waals surface area contributed by atoms with E-state index in [-0.39, 0.29) is 18.5 Å². The first-order valence-electron chi connectivity index (χ1n) is 17.4. The summed E-state index contributed by atoms with van der Waals surface area (Å²) in [4.78, 5) is 15.1. The minimum Gasteiger partial charge on any atom is -0.454 e. The van der Waals surface area contributed by atoms with Crippen molar-refractivity contribution in [3.8, 4) is 0 Å². The van der Waals surface area contributed by atoms with Crippen LogP contribution in [0.3, 0.4) is 0 Å². The van der Waals surface area contributed by atoms with E-state index in [0.29, 0.717) is 0 Å². The van der Waals surface area contributed by atoms with Crippen molar-refractivity contribution < 1.29 is 4.42 Å². The Morgan fingerprint density at radius 3 is 2.08 bits per heavy atom. The van der Waals surface area contributed by atoms with Crippen LogP contribution >= 0.6 is 0 Å². The smallest absolute Gasteiger partial charge is 0.159 e. The molecule has 6 heterocycles. The van der Waals surface area contributed by atoms with E-state index in [0.717, 1.165) is 56.4 Å². The summed E-state index contributed by atoms with van der Waals surface area (Å²) in [5.74, 6) is 0. The molecule has 3 unspecified atom stereocenters. The van der Waals surface area contributed by atoms with Crippen molar-refractivity contribution in [3.05, 3.63) is 139 Å². The van der Waals surface area contributed by atoms with Crippen molar-refractivity contribution in [2.24, 2.45) is 0 Å². The SMILES string of the molecule is CN1C=CN2c3c(ccc4c3oc3ccccc34)CCc3ccccc3N3C=CN4CCCN5C=CN(c6ccccc6CC43)C5CC12. The highest BCUT2D eigenvalue weighted by Gasteiger charge is 2.39. The molecule has 0 saturated heterocycles. The largest absolute Gasteiger partial charge is 0.454 e. The highest BCUT2D eigenvalue weighted by molar-refractivity contribution is 6.09. The lowest BCUT2D eigenvalue weighted by atomic mass is 9.97. The van der Waals surface area contributed by atoms with Gasteiger partial charge in [-0.3, -0.25) is 0 Å². The van der Waals surface area contributed by atoms with Crippen LogP contribution in [0.4, 0.5) is 17.1 Å². The second kappa shape index (κ2) is 10.9. The zero-order valence-electron chi connectivity index (χ0n) is 27.3. The summed E-state index contributed by atoms with van der Waals surface area (Å²) in [5, 5.41) is 2.35. The third-order valence-electron chi connectivity index (χ3n) is 11.2. The minimum atomic E-state index is 0.122. The average Bonchev–Trinajstić information content (AvgIpc) is 3.88. The number of fused-ring (bicyclic) bond motifs is 9. The molecule has 5 aliphatic rings. The summed E-state index contributed by atoms with van der Waals surface area (Å²) in [6.45, 7) is 2.02. The summed E-state index contributed by atoms with van der Waals surface area (Å²) >= 11 is 0. The van der Waals surface area contributed by atoms with Gasteiger partial charge in [0.15, 0.2) is 5.58 Å². The Labute approximate surface area is 281 Å². The number of rotatable bonds is 0. The maximum atomic E-state index is 6.77. The Morgan fingerprint density at radius 2 is 1.23 bits per heavy atom. The van der Waals surface area contributed by atoms with Crippen LogP contribution in [-0.2, 0) is 19.3 Å². The lowest BCUT2D eigenvalue weighted by molar-refractivity contribution is 0.216. The molecule has 7 nitrogen and oxygen atoms in total. The van der Waals surface area contributed by atoms with E-state index >= 15 is 0 Å². The molecule has 240 valence electrons. The second-order valence-electron chi connectivity index (χ2n) is 13.8. The molecule has 3 atom stereocenters. The van der Waals surface area contributed by atoms with Gasteiger partial charge in [-0.15, -0.1) is 0 Å². The van der Waals surface area contributed by atoms with Crippen molar-refractivity contribution in [3.63, 3.8) is 0 Å². The molecule has 0 radical (unpaired) electrons. The van der Waals surface area contributed by atoms with Crippen molar-refractivity contribution in [1.29, 1.82) is 0 Å². The number of benzene rings is 4. The highest BCUT2D eigenvalue weighted by Crippen LogP contribution is 2.43. The van der Waals surface area contributed by atoms with E-state index in [1.807, 2.05) is 0 Å². The van der Waals surface area contributed by atoms with Gasteiger partial charge in [-0.25, -0.2) is 0 Å². The lowest BCUT2D eigenvalue weighted by Gasteiger charge is -2.40. The molecule has 0 amide bonds. The summed E-state index contributed by atoms with van der Waals surface area (Å²) in [6.07, 6.45) is 19.2. The molecule has 0 saturated carbocycles. The molecule has 5 aromatic rings. The van der Waals surface area contributed by atoms with Gasteiger partial charge in [0.2, 0.25) is 0 Å². The predicted molar refractivity (Wildman–Crippen MR) is 194 cm³/mol. The van der Waals surface area contributed by atoms with Crippen molar-refractivity contribution in [2.45, 2.75) is 50.6 Å². The van der Waals surface area contributed by atoms with Crippen LogP contribution in [0.2, 0.25) is 0 Å². The molecule has 0 N–H and O–H groups in total. The Balaban J connectivity index is 1.20. The standard InChI is InChI=1S/C41H40N6O/c1-42-21-24-47-37(42)28-39-44-20-8-19-43-22-25-45(38(43)27-31-10-3-6-13-35(31)46(39)26-23-44)34-12-5-2-9-29(34)15-16-30-17-18-33-32-11-4-7-14-36(32)48-41(33)40(30)47/h2-7,9-14,17-18,21-26,37-39H,8,15-16,19-20,27-28H2,1H3. The lowest BCUT2D eigenvalue weighted by Crippen LogP contribution is -2.48. The fourth-order valence-corrected chi connectivity index (χ4v) is 8.80. The number of anilines is 3. The molecule has 5 aliphatic heterocycles. The van der Waals surface area contributed by atoms with E-state index < -0.39 is 0 Å². The maximum Gasteiger partial charge on any atom is 0.159 e. The quantitative estimate of drug-likeness (QED) is 0.172. The van der Waals surface area contributed by atoms with Gasteiger partial charge in [-0.05, 0) is 54.2 Å². The topological polar surface area (TPSA) is 32.6 Å². The van der Waals surface area contributed by atoms with E-state index in [1.165, 1.54) is 44.5 Å².